The molecule has 0 bridgehead atoms. The van der Waals surface area contributed by atoms with E-state index in [4.69, 9.17) is 5.73 Å². The van der Waals surface area contributed by atoms with Crippen LogP contribution in [0.1, 0.15) is 13.8 Å². The van der Waals surface area contributed by atoms with Crippen molar-refractivity contribution in [3.63, 3.8) is 0 Å². The van der Waals surface area contributed by atoms with Crippen molar-refractivity contribution < 1.29 is 8.78 Å². The average Bonchev–Trinajstić information content (AvgIpc) is 2.05. The summed E-state index contributed by atoms with van der Waals surface area (Å²) in [4.78, 5) is 0. The van der Waals surface area contributed by atoms with Crippen LogP contribution in [0.5, 0.6) is 0 Å². The quantitative estimate of drug-likeness (QED) is 0.784. The predicted molar refractivity (Wildman–Crippen MR) is 53.1 cm³/mol. The van der Waals surface area contributed by atoms with Crippen LogP contribution in [0.3, 0.4) is 0 Å². The smallest absolute Gasteiger partial charge is 0.146 e. The van der Waals surface area contributed by atoms with Gasteiger partial charge in [0.2, 0.25) is 0 Å². The second kappa shape index (κ2) is 3.92. The molecule has 1 aromatic carbocycles. The highest BCUT2D eigenvalue weighted by Crippen LogP contribution is 2.15. The van der Waals surface area contributed by atoms with Gasteiger partial charge in [-0.2, -0.15) is 0 Å². The molecule has 0 saturated heterocycles. The molecule has 0 aliphatic rings. The minimum absolute atomic E-state index is 0.142. The lowest BCUT2D eigenvalue weighted by atomic mass is 10.1. The highest BCUT2D eigenvalue weighted by Gasteiger charge is 2.11. The van der Waals surface area contributed by atoms with Gasteiger partial charge < -0.3 is 11.1 Å². The van der Waals surface area contributed by atoms with Crippen molar-refractivity contribution in [1.82, 2.24) is 0 Å². The Morgan fingerprint density at radius 1 is 1.36 bits per heavy atom. The third-order valence-corrected chi connectivity index (χ3v) is 1.66. The third-order valence-electron chi connectivity index (χ3n) is 1.66. The molecule has 0 spiro atoms. The fourth-order valence-electron chi connectivity index (χ4n) is 0.956. The van der Waals surface area contributed by atoms with Crippen LogP contribution >= 0.6 is 0 Å². The molecule has 0 atom stereocenters. The van der Waals surface area contributed by atoms with Crippen molar-refractivity contribution >= 4 is 5.69 Å². The van der Waals surface area contributed by atoms with E-state index in [9.17, 15) is 8.78 Å². The molecule has 4 heteroatoms. The van der Waals surface area contributed by atoms with Gasteiger partial charge in [0.15, 0.2) is 0 Å². The van der Waals surface area contributed by atoms with Crippen LogP contribution in [0.15, 0.2) is 18.2 Å². The summed E-state index contributed by atoms with van der Waals surface area (Å²) >= 11 is 0. The first kappa shape index (κ1) is 10.9. The van der Waals surface area contributed by atoms with Crippen LogP contribution in [0.25, 0.3) is 0 Å². The molecule has 0 saturated carbocycles. The Bertz CT molecular complexity index is 318. The summed E-state index contributed by atoms with van der Waals surface area (Å²) in [5.74, 6) is -0.945. The maximum Gasteiger partial charge on any atom is 0.146 e. The number of hydrogen-bond donors (Lipinski definition) is 2. The predicted octanol–water partition coefficient (Wildman–Crippen LogP) is 2.11. The molecular weight excluding hydrogens is 186 g/mol. The lowest BCUT2D eigenvalue weighted by Gasteiger charge is -2.19. The van der Waals surface area contributed by atoms with Gasteiger partial charge in [-0.25, -0.2) is 8.78 Å². The Hall–Kier alpha value is -1.16. The number of rotatable bonds is 3. The number of halogens is 2. The summed E-state index contributed by atoms with van der Waals surface area (Å²) in [6.07, 6.45) is 0. The van der Waals surface area contributed by atoms with Gasteiger partial charge in [-0.1, -0.05) is 0 Å². The maximum absolute atomic E-state index is 13.1. The van der Waals surface area contributed by atoms with E-state index < -0.39 is 17.2 Å². The number of hydrogen-bond acceptors (Lipinski definition) is 2. The van der Waals surface area contributed by atoms with Gasteiger partial charge >= 0.3 is 0 Å². The van der Waals surface area contributed by atoms with Crippen molar-refractivity contribution in [3.05, 3.63) is 29.8 Å². The van der Waals surface area contributed by atoms with E-state index in [1.54, 1.807) is 13.8 Å². The molecule has 14 heavy (non-hydrogen) atoms. The van der Waals surface area contributed by atoms with Crippen molar-refractivity contribution in [1.29, 1.82) is 0 Å². The third kappa shape index (κ3) is 3.30. The Labute approximate surface area is 82.1 Å². The topological polar surface area (TPSA) is 38.0 Å². The second-order valence-electron chi connectivity index (χ2n) is 3.97. The Morgan fingerprint density at radius 3 is 2.57 bits per heavy atom. The highest BCUT2D eigenvalue weighted by atomic mass is 19.1. The molecule has 0 heterocycles. The van der Waals surface area contributed by atoms with Gasteiger partial charge in [0, 0.05) is 12.1 Å². The van der Waals surface area contributed by atoms with Crippen molar-refractivity contribution in [2.75, 3.05) is 11.9 Å². The fourth-order valence-corrected chi connectivity index (χ4v) is 0.956. The SMILES string of the molecule is CC(C)(N)CNc1cc(F)ccc1F. The molecule has 0 amide bonds. The molecule has 78 valence electrons. The molecule has 0 unspecified atom stereocenters. The lowest BCUT2D eigenvalue weighted by Crippen LogP contribution is -2.39. The molecule has 0 fully saturated rings. The molecule has 0 aliphatic heterocycles. The Balaban J connectivity index is 2.72. The van der Waals surface area contributed by atoms with E-state index in [0.29, 0.717) is 6.54 Å². The first-order valence-corrected chi connectivity index (χ1v) is 4.36. The fraction of sp³-hybridized carbons (Fsp3) is 0.400. The zero-order chi connectivity index (χ0) is 10.8. The summed E-state index contributed by atoms with van der Waals surface area (Å²) in [6, 6.07) is 3.27. The zero-order valence-electron chi connectivity index (χ0n) is 8.27. The number of benzene rings is 1. The maximum atomic E-state index is 13.1. The standard InChI is InChI=1S/C10H14F2N2/c1-10(2,13)6-14-9-5-7(11)3-4-8(9)12/h3-5,14H,6,13H2,1-2H3. The second-order valence-corrected chi connectivity index (χ2v) is 3.97. The molecule has 3 N–H and O–H groups in total. The first-order chi connectivity index (χ1) is 6.38. The van der Waals surface area contributed by atoms with Gasteiger partial charge in [0.25, 0.3) is 0 Å². The Kier molecular flexibility index (Phi) is 3.06. The minimum atomic E-state index is -0.476. The molecule has 0 aromatic heterocycles. The monoisotopic (exact) mass is 200 g/mol. The van der Waals surface area contributed by atoms with Crippen LogP contribution in [0.2, 0.25) is 0 Å². The van der Waals surface area contributed by atoms with Crippen LogP contribution < -0.4 is 11.1 Å². The van der Waals surface area contributed by atoms with E-state index >= 15 is 0 Å². The minimum Gasteiger partial charge on any atom is -0.381 e. The highest BCUT2D eigenvalue weighted by molar-refractivity contribution is 5.45. The van der Waals surface area contributed by atoms with Crippen LogP contribution in [-0.4, -0.2) is 12.1 Å². The summed E-state index contributed by atoms with van der Waals surface area (Å²) in [5, 5.41) is 2.75. The van der Waals surface area contributed by atoms with Crippen molar-refractivity contribution in [3.8, 4) is 0 Å². The van der Waals surface area contributed by atoms with E-state index in [-0.39, 0.29) is 5.69 Å². The normalized spacial score (nSPS) is 11.5. The van der Waals surface area contributed by atoms with E-state index in [2.05, 4.69) is 5.32 Å². The molecule has 1 aromatic rings. The van der Waals surface area contributed by atoms with Crippen LogP contribution in [0, 0.1) is 11.6 Å². The molecule has 1 rings (SSSR count). The largest absolute Gasteiger partial charge is 0.381 e. The average molecular weight is 200 g/mol. The summed E-state index contributed by atoms with van der Waals surface area (Å²) in [7, 11) is 0. The van der Waals surface area contributed by atoms with Crippen molar-refractivity contribution in [2.45, 2.75) is 19.4 Å². The van der Waals surface area contributed by atoms with E-state index in [1.807, 2.05) is 0 Å². The van der Waals surface area contributed by atoms with Crippen LogP contribution in [0.4, 0.5) is 14.5 Å². The number of nitrogens with one attached hydrogen (secondary N) is 1. The van der Waals surface area contributed by atoms with E-state index in [1.165, 1.54) is 0 Å². The van der Waals surface area contributed by atoms with Crippen LogP contribution in [-0.2, 0) is 0 Å². The first-order valence-electron chi connectivity index (χ1n) is 4.36. The van der Waals surface area contributed by atoms with E-state index in [0.717, 1.165) is 18.2 Å². The zero-order valence-corrected chi connectivity index (χ0v) is 8.27. The summed E-state index contributed by atoms with van der Waals surface area (Å²) in [5.41, 5.74) is 5.38. The molecular formula is C10H14F2N2. The summed E-state index contributed by atoms with van der Waals surface area (Å²) < 4.78 is 25.8. The molecule has 0 aliphatic carbocycles. The van der Waals surface area contributed by atoms with Gasteiger partial charge in [-0.3, -0.25) is 0 Å². The van der Waals surface area contributed by atoms with Gasteiger partial charge in [-0.15, -0.1) is 0 Å². The molecule has 2 nitrogen and oxygen atoms in total. The number of nitrogens with two attached hydrogens (primary N) is 1. The van der Waals surface area contributed by atoms with Crippen molar-refractivity contribution in [2.24, 2.45) is 5.73 Å². The molecule has 0 radical (unpaired) electrons. The summed E-state index contributed by atoms with van der Waals surface area (Å²) in [6.45, 7) is 3.99. The van der Waals surface area contributed by atoms with Gasteiger partial charge in [0.1, 0.15) is 11.6 Å². The lowest BCUT2D eigenvalue weighted by molar-refractivity contribution is 0.544. The Morgan fingerprint density at radius 2 is 2.00 bits per heavy atom. The number of anilines is 1. The van der Waals surface area contributed by atoms with Gasteiger partial charge in [0.05, 0.1) is 5.69 Å². The van der Waals surface area contributed by atoms with Gasteiger partial charge in [-0.05, 0) is 32.0 Å².